The Morgan fingerprint density at radius 3 is 2.23 bits per heavy atom. The minimum absolute atomic E-state index is 0.0326. The molecule has 2 aromatic carbocycles. The molecular weight excluding hydrogens is 348 g/mol. The molecule has 1 amide bonds. The number of carbonyl (C=O) groups is 1. The molecule has 0 radical (unpaired) electrons. The third kappa shape index (κ3) is 6.19. The van der Waals surface area contributed by atoms with Crippen LogP contribution < -0.4 is 9.62 Å². The topological polar surface area (TPSA) is 66.5 Å². The molecule has 0 aliphatic heterocycles. The first-order valence-electron chi connectivity index (χ1n) is 8.62. The van der Waals surface area contributed by atoms with Crippen LogP contribution in [0.25, 0.3) is 0 Å². The molecular formula is C20H26N2O3S. The van der Waals surface area contributed by atoms with Crippen molar-refractivity contribution in [2.75, 3.05) is 17.6 Å². The summed E-state index contributed by atoms with van der Waals surface area (Å²) in [5, 5.41) is 3.02. The fourth-order valence-corrected chi connectivity index (χ4v) is 3.13. The summed E-state index contributed by atoms with van der Waals surface area (Å²) >= 11 is 0. The summed E-state index contributed by atoms with van der Waals surface area (Å²) in [4.78, 5) is 12.2. The molecule has 1 unspecified atom stereocenters. The summed E-state index contributed by atoms with van der Waals surface area (Å²) in [5.74, 6) is -0.0326. The van der Waals surface area contributed by atoms with Crippen molar-refractivity contribution in [3.05, 3.63) is 65.7 Å². The zero-order chi connectivity index (χ0) is 19.2. The first-order chi connectivity index (χ1) is 12.3. The van der Waals surface area contributed by atoms with Crippen molar-refractivity contribution in [3.63, 3.8) is 0 Å². The van der Waals surface area contributed by atoms with Gasteiger partial charge in [-0.1, -0.05) is 42.5 Å². The molecule has 2 rings (SSSR count). The number of hydrogen-bond donors (Lipinski definition) is 1. The van der Waals surface area contributed by atoms with Crippen molar-refractivity contribution in [3.8, 4) is 0 Å². The standard InChI is InChI=1S/C20H26N2O3S/c1-16(9-10-17-7-5-4-6-8-17)21-20(23)15-18-11-13-19(14-12-18)22(2)26(3,24)25/h4-8,11-14,16H,9-10,15H2,1-3H3,(H,21,23). The second kappa shape index (κ2) is 8.85. The van der Waals surface area contributed by atoms with Crippen molar-refractivity contribution in [2.24, 2.45) is 0 Å². The van der Waals surface area contributed by atoms with Crippen LogP contribution in [0.3, 0.4) is 0 Å². The number of rotatable bonds is 8. The zero-order valence-corrected chi connectivity index (χ0v) is 16.3. The number of anilines is 1. The van der Waals surface area contributed by atoms with Gasteiger partial charge in [-0.3, -0.25) is 9.10 Å². The summed E-state index contributed by atoms with van der Waals surface area (Å²) in [6, 6.07) is 17.3. The van der Waals surface area contributed by atoms with E-state index in [2.05, 4.69) is 17.4 Å². The molecule has 0 bridgehead atoms. The fourth-order valence-electron chi connectivity index (χ4n) is 2.63. The zero-order valence-electron chi connectivity index (χ0n) is 15.5. The Morgan fingerprint density at radius 2 is 1.65 bits per heavy atom. The largest absolute Gasteiger partial charge is 0.353 e. The highest BCUT2D eigenvalue weighted by Crippen LogP contribution is 2.16. The Bertz CT molecular complexity index is 818. The molecule has 26 heavy (non-hydrogen) atoms. The molecule has 0 saturated carbocycles. The number of hydrogen-bond acceptors (Lipinski definition) is 3. The van der Waals surface area contributed by atoms with E-state index in [1.54, 1.807) is 24.3 Å². The van der Waals surface area contributed by atoms with Crippen LogP contribution in [0.2, 0.25) is 0 Å². The Morgan fingerprint density at radius 1 is 1.04 bits per heavy atom. The Labute approximate surface area is 156 Å². The van der Waals surface area contributed by atoms with Crippen LogP contribution in [0.4, 0.5) is 5.69 Å². The van der Waals surface area contributed by atoms with Crippen molar-refractivity contribution >= 4 is 21.6 Å². The monoisotopic (exact) mass is 374 g/mol. The maximum Gasteiger partial charge on any atom is 0.231 e. The van der Waals surface area contributed by atoms with E-state index >= 15 is 0 Å². The van der Waals surface area contributed by atoms with Gasteiger partial charge in [0.05, 0.1) is 18.4 Å². The van der Waals surface area contributed by atoms with Crippen LogP contribution in [0.15, 0.2) is 54.6 Å². The van der Waals surface area contributed by atoms with Crippen LogP contribution in [-0.2, 0) is 27.7 Å². The summed E-state index contributed by atoms with van der Waals surface area (Å²) in [6.07, 6.45) is 3.24. The second-order valence-corrected chi connectivity index (χ2v) is 8.58. The van der Waals surface area contributed by atoms with Crippen molar-refractivity contribution in [2.45, 2.75) is 32.2 Å². The summed E-state index contributed by atoms with van der Waals surface area (Å²) in [6.45, 7) is 2.00. The molecule has 0 saturated heterocycles. The van der Waals surface area contributed by atoms with E-state index < -0.39 is 10.0 Å². The van der Waals surface area contributed by atoms with Gasteiger partial charge in [0, 0.05) is 13.1 Å². The van der Waals surface area contributed by atoms with E-state index in [4.69, 9.17) is 0 Å². The van der Waals surface area contributed by atoms with Gasteiger partial charge in [0.25, 0.3) is 0 Å². The van der Waals surface area contributed by atoms with Gasteiger partial charge in [0.15, 0.2) is 0 Å². The van der Waals surface area contributed by atoms with E-state index in [1.807, 2.05) is 25.1 Å². The quantitative estimate of drug-likeness (QED) is 0.773. The maximum atomic E-state index is 12.2. The molecule has 1 N–H and O–H groups in total. The Kier molecular flexibility index (Phi) is 6.80. The number of amides is 1. The molecule has 5 nitrogen and oxygen atoms in total. The molecule has 2 aromatic rings. The summed E-state index contributed by atoms with van der Waals surface area (Å²) < 4.78 is 24.3. The lowest BCUT2D eigenvalue weighted by Crippen LogP contribution is -2.34. The second-order valence-electron chi connectivity index (χ2n) is 6.57. The van der Waals surface area contributed by atoms with E-state index in [9.17, 15) is 13.2 Å². The van der Waals surface area contributed by atoms with Gasteiger partial charge in [-0.15, -0.1) is 0 Å². The highest BCUT2D eigenvalue weighted by molar-refractivity contribution is 7.92. The van der Waals surface area contributed by atoms with E-state index in [0.29, 0.717) is 5.69 Å². The smallest absolute Gasteiger partial charge is 0.231 e. The third-order valence-electron chi connectivity index (χ3n) is 4.28. The number of aryl methyl sites for hydroxylation is 1. The molecule has 1 atom stereocenters. The molecule has 0 heterocycles. The van der Waals surface area contributed by atoms with E-state index in [1.165, 1.54) is 16.9 Å². The minimum atomic E-state index is -3.28. The molecule has 0 aliphatic carbocycles. The first-order valence-corrected chi connectivity index (χ1v) is 10.5. The number of nitrogens with one attached hydrogen (secondary N) is 1. The lowest BCUT2D eigenvalue weighted by atomic mass is 10.1. The van der Waals surface area contributed by atoms with Crippen molar-refractivity contribution in [1.29, 1.82) is 0 Å². The van der Waals surface area contributed by atoms with Gasteiger partial charge in [0.1, 0.15) is 0 Å². The van der Waals surface area contributed by atoms with Crippen LogP contribution in [-0.4, -0.2) is 33.7 Å². The normalized spacial score (nSPS) is 12.4. The molecule has 0 aliphatic rings. The number of sulfonamides is 1. The van der Waals surface area contributed by atoms with Gasteiger partial charge in [-0.05, 0) is 43.0 Å². The van der Waals surface area contributed by atoms with E-state index in [0.717, 1.165) is 24.7 Å². The predicted molar refractivity (Wildman–Crippen MR) is 106 cm³/mol. The van der Waals surface area contributed by atoms with Gasteiger partial charge in [0.2, 0.25) is 15.9 Å². The minimum Gasteiger partial charge on any atom is -0.353 e. The lowest BCUT2D eigenvalue weighted by Gasteiger charge is -2.17. The fraction of sp³-hybridized carbons (Fsp3) is 0.350. The number of carbonyl (C=O) groups excluding carboxylic acids is 1. The highest BCUT2D eigenvalue weighted by Gasteiger charge is 2.12. The van der Waals surface area contributed by atoms with Crippen LogP contribution in [0.1, 0.15) is 24.5 Å². The predicted octanol–water partition coefficient (Wildman–Crippen LogP) is 2.76. The summed E-state index contributed by atoms with van der Waals surface area (Å²) in [7, 11) is -1.78. The molecule has 0 spiro atoms. The molecule has 0 aromatic heterocycles. The van der Waals surface area contributed by atoms with Crippen molar-refractivity contribution < 1.29 is 13.2 Å². The Balaban J connectivity index is 1.83. The highest BCUT2D eigenvalue weighted by atomic mass is 32.2. The molecule has 6 heteroatoms. The summed E-state index contributed by atoms with van der Waals surface area (Å²) in [5.41, 5.74) is 2.69. The SMILES string of the molecule is CC(CCc1ccccc1)NC(=O)Cc1ccc(N(C)S(C)(=O)=O)cc1. The van der Waals surface area contributed by atoms with Gasteiger partial charge >= 0.3 is 0 Å². The number of nitrogens with zero attached hydrogens (tertiary/aromatic N) is 1. The number of benzene rings is 2. The van der Waals surface area contributed by atoms with Gasteiger partial charge in [-0.2, -0.15) is 0 Å². The third-order valence-corrected chi connectivity index (χ3v) is 5.48. The average molecular weight is 375 g/mol. The van der Waals surface area contributed by atoms with Gasteiger partial charge < -0.3 is 5.32 Å². The van der Waals surface area contributed by atoms with Crippen LogP contribution in [0, 0.1) is 0 Å². The molecule has 0 fully saturated rings. The van der Waals surface area contributed by atoms with Crippen molar-refractivity contribution in [1.82, 2.24) is 5.32 Å². The van der Waals surface area contributed by atoms with Crippen LogP contribution >= 0.6 is 0 Å². The average Bonchev–Trinajstić information content (AvgIpc) is 2.60. The first kappa shape index (κ1) is 20.0. The Hall–Kier alpha value is -2.34. The molecule has 140 valence electrons. The maximum absolute atomic E-state index is 12.2. The lowest BCUT2D eigenvalue weighted by molar-refractivity contribution is -0.121. The van der Waals surface area contributed by atoms with Gasteiger partial charge in [-0.25, -0.2) is 8.42 Å². The van der Waals surface area contributed by atoms with E-state index in [-0.39, 0.29) is 18.4 Å². The van der Waals surface area contributed by atoms with Crippen LogP contribution in [0.5, 0.6) is 0 Å².